The zero-order chi connectivity index (χ0) is 18.7. The van der Waals surface area contributed by atoms with Crippen LogP contribution in [0.15, 0.2) is 42.5 Å². The molecule has 1 fully saturated rings. The molecule has 7 heteroatoms. The van der Waals surface area contributed by atoms with E-state index in [1.807, 2.05) is 19.1 Å². The van der Waals surface area contributed by atoms with E-state index < -0.39 is 0 Å². The van der Waals surface area contributed by atoms with Crippen molar-refractivity contribution in [1.82, 2.24) is 0 Å². The molecule has 2 unspecified atom stereocenters. The third kappa shape index (κ3) is 4.29. The fraction of sp³-hybridized carbons (Fsp3) is 0.263. The maximum absolute atomic E-state index is 12.4. The Labute approximate surface area is 161 Å². The van der Waals surface area contributed by atoms with E-state index in [0.717, 1.165) is 0 Å². The second kappa shape index (κ2) is 7.98. The number of carbonyl (C=O) groups excluding carboxylic acids is 2. The van der Waals surface area contributed by atoms with Gasteiger partial charge in [0.05, 0.1) is 34.8 Å². The highest BCUT2D eigenvalue weighted by molar-refractivity contribution is 6.36. The van der Waals surface area contributed by atoms with Gasteiger partial charge in [-0.2, -0.15) is 0 Å². The molecular formula is C19H18Cl2N2O3. The monoisotopic (exact) mass is 392 g/mol. The average Bonchev–Trinajstić information content (AvgIpc) is 3.40. The first kappa shape index (κ1) is 18.5. The van der Waals surface area contributed by atoms with Crippen LogP contribution in [0.1, 0.15) is 13.3 Å². The van der Waals surface area contributed by atoms with Gasteiger partial charge in [0.25, 0.3) is 0 Å². The van der Waals surface area contributed by atoms with Crippen molar-refractivity contribution in [2.45, 2.75) is 13.3 Å². The molecule has 2 aromatic rings. The highest BCUT2D eigenvalue weighted by atomic mass is 35.5. The Morgan fingerprint density at radius 2 is 1.69 bits per heavy atom. The number of rotatable bonds is 6. The van der Waals surface area contributed by atoms with Gasteiger partial charge < -0.3 is 15.4 Å². The van der Waals surface area contributed by atoms with Gasteiger partial charge in [0, 0.05) is 5.02 Å². The number of para-hydroxylation sites is 2. The molecule has 0 spiro atoms. The van der Waals surface area contributed by atoms with Crippen LogP contribution < -0.4 is 15.4 Å². The first-order valence-corrected chi connectivity index (χ1v) is 9.03. The van der Waals surface area contributed by atoms with E-state index in [-0.39, 0.29) is 23.7 Å². The molecule has 2 aromatic carbocycles. The fourth-order valence-electron chi connectivity index (χ4n) is 2.67. The van der Waals surface area contributed by atoms with E-state index in [2.05, 4.69) is 10.6 Å². The summed E-state index contributed by atoms with van der Waals surface area (Å²) in [6, 6.07) is 12.1. The van der Waals surface area contributed by atoms with Crippen molar-refractivity contribution in [2.24, 2.45) is 11.8 Å². The second-order valence-electron chi connectivity index (χ2n) is 5.98. The van der Waals surface area contributed by atoms with Crippen LogP contribution in [-0.4, -0.2) is 18.4 Å². The highest BCUT2D eigenvalue weighted by Gasteiger charge is 2.48. The topological polar surface area (TPSA) is 67.4 Å². The summed E-state index contributed by atoms with van der Waals surface area (Å²) < 4.78 is 5.49. The number of halogens is 2. The summed E-state index contributed by atoms with van der Waals surface area (Å²) in [6.45, 7) is 2.38. The Bertz CT molecular complexity index is 841. The minimum Gasteiger partial charge on any atom is -0.492 e. The van der Waals surface area contributed by atoms with Crippen LogP contribution in [0, 0.1) is 11.8 Å². The summed E-state index contributed by atoms with van der Waals surface area (Å²) in [7, 11) is 0. The van der Waals surface area contributed by atoms with Crippen molar-refractivity contribution in [3.63, 3.8) is 0 Å². The van der Waals surface area contributed by atoms with Gasteiger partial charge >= 0.3 is 0 Å². The van der Waals surface area contributed by atoms with Gasteiger partial charge in [-0.1, -0.05) is 35.3 Å². The Kier molecular flexibility index (Phi) is 5.69. The highest BCUT2D eigenvalue weighted by Crippen LogP contribution is 2.41. The number of ether oxygens (including phenoxy) is 1. The molecule has 0 aromatic heterocycles. The fourth-order valence-corrected chi connectivity index (χ4v) is 3.12. The third-order valence-corrected chi connectivity index (χ3v) is 4.65. The van der Waals surface area contributed by atoms with Crippen molar-refractivity contribution in [3.05, 3.63) is 52.5 Å². The molecule has 2 atom stereocenters. The lowest BCUT2D eigenvalue weighted by Gasteiger charge is -2.11. The summed E-state index contributed by atoms with van der Waals surface area (Å²) in [6.07, 6.45) is 0.500. The van der Waals surface area contributed by atoms with E-state index in [1.54, 1.807) is 30.3 Å². The third-order valence-electron chi connectivity index (χ3n) is 4.10. The van der Waals surface area contributed by atoms with Crippen molar-refractivity contribution in [3.8, 4) is 5.75 Å². The van der Waals surface area contributed by atoms with E-state index in [0.29, 0.717) is 40.2 Å². The molecule has 1 aliphatic carbocycles. The Morgan fingerprint density at radius 1 is 1.04 bits per heavy atom. The molecular weight excluding hydrogens is 375 g/mol. The molecule has 0 radical (unpaired) electrons. The molecule has 2 N–H and O–H groups in total. The Hall–Kier alpha value is -2.24. The predicted molar refractivity (Wildman–Crippen MR) is 103 cm³/mol. The van der Waals surface area contributed by atoms with E-state index in [4.69, 9.17) is 27.9 Å². The lowest BCUT2D eigenvalue weighted by Crippen LogP contribution is -2.21. The van der Waals surface area contributed by atoms with Crippen LogP contribution in [0.3, 0.4) is 0 Å². The van der Waals surface area contributed by atoms with Gasteiger partial charge in [0.2, 0.25) is 11.8 Å². The van der Waals surface area contributed by atoms with Crippen LogP contribution in [0.4, 0.5) is 11.4 Å². The number of hydrogen-bond donors (Lipinski definition) is 2. The molecule has 0 aliphatic heterocycles. The van der Waals surface area contributed by atoms with Crippen LogP contribution in [0.25, 0.3) is 0 Å². The van der Waals surface area contributed by atoms with Crippen molar-refractivity contribution >= 4 is 46.4 Å². The number of nitrogens with one attached hydrogen (secondary N) is 2. The lowest BCUT2D eigenvalue weighted by molar-refractivity contribution is -0.122. The standard InChI is InChI=1S/C19H18Cl2N2O3/c1-2-26-17-6-4-3-5-16(17)23-19(25)13-10-12(13)18(24)22-15-8-7-11(20)9-14(15)21/h3-9,12-13H,2,10H2,1H3,(H,22,24)(H,23,25). The van der Waals surface area contributed by atoms with E-state index >= 15 is 0 Å². The zero-order valence-corrected chi connectivity index (χ0v) is 15.6. The maximum atomic E-state index is 12.4. The molecule has 2 amide bonds. The number of amides is 2. The molecule has 26 heavy (non-hydrogen) atoms. The summed E-state index contributed by atoms with van der Waals surface area (Å²) in [5.41, 5.74) is 1.08. The van der Waals surface area contributed by atoms with Crippen LogP contribution in [0.2, 0.25) is 10.0 Å². The molecule has 1 aliphatic rings. The summed E-state index contributed by atoms with van der Waals surface area (Å²) in [5, 5.41) is 6.43. The van der Waals surface area contributed by atoms with Crippen LogP contribution in [0.5, 0.6) is 5.75 Å². The minimum absolute atomic E-state index is 0.195. The largest absolute Gasteiger partial charge is 0.492 e. The first-order valence-electron chi connectivity index (χ1n) is 8.28. The molecule has 3 rings (SSSR count). The number of anilines is 2. The predicted octanol–water partition coefficient (Wildman–Crippen LogP) is 4.61. The van der Waals surface area contributed by atoms with Crippen LogP contribution in [-0.2, 0) is 9.59 Å². The Morgan fingerprint density at radius 3 is 2.35 bits per heavy atom. The summed E-state index contributed by atoms with van der Waals surface area (Å²) in [4.78, 5) is 24.8. The van der Waals surface area contributed by atoms with Gasteiger partial charge in [-0.05, 0) is 43.7 Å². The first-order chi connectivity index (χ1) is 12.5. The van der Waals surface area contributed by atoms with Crippen molar-refractivity contribution in [2.75, 3.05) is 17.2 Å². The molecule has 0 bridgehead atoms. The normalized spacial score (nSPS) is 18.1. The number of carbonyl (C=O) groups is 2. The maximum Gasteiger partial charge on any atom is 0.228 e. The van der Waals surface area contributed by atoms with Gasteiger partial charge in [0.15, 0.2) is 0 Å². The summed E-state index contributed by atoms with van der Waals surface area (Å²) >= 11 is 11.9. The van der Waals surface area contributed by atoms with Gasteiger partial charge in [0.1, 0.15) is 5.75 Å². The van der Waals surface area contributed by atoms with E-state index in [1.165, 1.54) is 0 Å². The van der Waals surface area contributed by atoms with Crippen molar-refractivity contribution < 1.29 is 14.3 Å². The smallest absolute Gasteiger partial charge is 0.228 e. The molecule has 0 heterocycles. The molecule has 5 nitrogen and oxygen atoms in total. The van der Waals surface area contributed by atoms with Crippen LogP contribution >= 0.6 is 23.2 Å². The van der Waals surface area contributed by atoms with Crippen molar-refractivity contribution in [1.29, 1.82) is 0 Å². The van der Waals surface area contributed by atoms with Gasteiger partial charge in [-0.25, -0.2) is 0 Å². The molecule has 0 saturated heterocycles. The number of benzene rings is 2. The minimum atomic E-state index is -0.374. The SMILES string of the molecule is CCOc1ccccc1NC(=O)C1CC1C(=O)Nc1ccc(Cl)cc1Cl. The number of hydrogen-bond acceptors (Lipinski definition) is 3. The Balaban J connectivity index is 1.59. The second-order valence-corrected chi connectivity index (χ2v) is 6.82. The quantitative estimate of drug-likeness (QED) is 0.754. The average molecular weight is 393 g/mol. The van der Waals surface area contributed by atoms with Gasteiger partial charge in [-0.15, -0.1) is 0 Å². The zero-order valence-electron chi connectivity index (χ0n) is 14.1. The molecule has 1 saturated carbocycles. The van der Waals surface area contributed by atoms with Gasteiger partial charge in [-0.3, -0.25) is 9.59 Å². The molecule has 136 valence electrons. The lowest BCUT2D eigenvalue weighted by atomic mass is 10.2. The van der Waals surface area contributed by atoms with E-state index in [9.17, 15) is 9.59 Å². The summed E-state index contributed by atoms with van der Waals surface area (Å²) in [5.74, 6) is -0.554.